The first-order valence-electron chi connectivity index (χ1n) is 19.5. The highest BCUT2D eigenvalue weighted by Gasteiger charge is 2.22. The number of allylic oxidation sites excluding steroid dienone is 1. The Labute approximate surface area is 328 Å². The van der Waals surface area contributed by atoms with Gasteiger partial charge in [0.05, 0.1) is 5.52 Å². The van der Waals surface area contributed by atoms with Crippen molar-refractivity contribution in [1.82, 2.24) is 4.57 Å². The number of hydrogen-bond donors (Lipinski definition) is 0. The van der Waals surface area contributed by atoms with Gasteiger partial charge in [-0.05, 0) is 112 Å². The lowest BCUT2D eigenvalue weighted by Crippen LogP contribution is -2.10. The minimum atomic E-state index is 1.02. The zero-order valence-electron chi connectivity index (χ0n) is 31.1. The van der Waals surface area contributed by atoms with E-state index in [0.29, 0.717) is 0 Å². The summed E-state index contributed by atoms with van der Waals surface area (Å²) in [6, 6.07) is 74.6. The van der Waals surface area contributed by atoms with E-state index in [1.807, 2.05) is 0 Å². The number of rotatable bonds is 8. The van der Waals surface area contributed by atoms with Gasteiger partial charge in [0.25, 0.3) is 0 Å². The molecule has 0 bridgehead atoms. The van der Waals surface area contributed by atoms with E-state index in [4.69, 9.17) is 0 Å². The molecule has 266 valence electrons. The van der Waals surface area contributed by atoms with Crippen LogP contribution in [0.3, 0.4) is 0 Å². The second kappa shape index (κ2) is 14.6. The van der Waals surface area contributed by atoms with Gasteiger partial charge < -0.3 is 9.47 Å². The van der Waals surface area contributed by atoms with Crippen molar-refractivity contribution < 1.29 is 0 Å². The summed E-state index contributed by atoms with van der Waals surface area (Å²) in [5.41, 5.74) is 18.2. The zero-order chi connectivity index (χ0) is 37.3. The van der Waals surface area contributed by atoms with Crippen LogP contribution in [0.1, 0.15) is 17.7 Å². The van der Waals surface area contributed by atoms with Crippen LogP contribution >= 0.6 is 0 Å². The Kier molecular flexibility index (Phi) is 8.70. The van der Waals surface area contributed by atoms with Gasteiger partial charge >= 0.3 is 0 Å². The van der Waals surface area contributed by atoms with E-state index in [1.54, 1.807) is 0 Å². The molecule has 0 fully saturated rings. The maximum absolute atomic E-state index is 2.47. The third-order valence-electron chi connectivity index (χ3n) is 11.1. The molecule has 2 heteroatoms. The summed E-state index contributed by atoms with van der Waals surface area (Å²) in [7, 11) is 0. The van der Waals surface area contributed by atoms with Gasteiger partial charge in [-0.1, -0.05) is 164 Å². The number of hydrogen-bond acceptors (Lipinski definition) is 1. The molecule has 0 saturated carbocycles. The highest BCUT2D eigenvalue weighted by atomic mass is 15.1. The third-order valence-corrected chi connectivity index (χ3v) is 11.1. The second-order valence-corrected chi connectivity index (χ2v) is 14.5. The monoisotopic (exact) mass is 716 g/mol. The first-order chi connectivity index (χ1) is 27.8. The predicted octanol–water partition coefficient (Wildman–Crippen LogP) is 14.7. The van der Waals surface area contributed by atoms with E-state index in [0.717, 1.165) is 29.9 Å². The molecule has 0 N–H and O–H groups in total. The normalized spacial score (nSPS) is 12.1. The molecule has 0 atom stereocenters. The minimum absolute atomic E-state index is 1.02. The largest absolute Gasteiger partial charge is 0.313 e. The molecule has 1 aromatic heterocycles. The number of aromatic nitrogens is 1. The Morgan fingerprint density at radius 2 is 0.875 bits per heavy atom. The molecular weight excluding hydrogens is 677 g/mol. The fourth-order valence-corrected chi connectivity index (χ4v) is 8.36. The Bertz CT molecular complexity index is 2800. The van der Waals surface area contributed by atoms with E-state index in [1.165, 1.54) is 72.4 Å². The molecule has 10 rings (SSSR count). The van der Waals surface area contributed by atoms with Crippen LogP contribution in [0.4, 0.5) is 17.1 Å². The number of para-hydroxylation sites is 1. The highest BCUT2D eigenvalue weighted by Crippen LogP contribution is 2.43. The Morgan fingerprint density at radius 1 is 0.393 bits per heavy atom. The molecule has 56 heavy (non-hydrogen) atoms. The van der Waals surface area contributed by atoms with Gasteiger partial charge in [-0.15, -0.1) is 0 Å². The van der Waals surface area contributed by atoms with E-state index in [9.17, 15) is 0 Å². The van der Waals surface area contributed by atoms with E-state index < -0.39 is 0 Å². The zero-order valence-corrected chi connectivity index (χ0v) is 31.1. The van der Waals surface area contributed by atoms with Gasteiger partial charge in [-0.2, -0.15) is 0 Å². The fourth-order valence-electron chi connectivity index (χ4n) is 8.36. The van der Waals surface area contributed by atoms with Crippen LogP contribution in [0, 0.1) is 0 Å². The summed E-state index contributed by atoms with van der Waals surface area (Å²) in [5, 5.41) is 1.31. The van der Waals surface area contributed by atoms with Crippen LogP contribution in [0.25, 0.3) is 67.2 Å². The van der Waals surface area contributed by atoms with E-state index in [2.05, 4.69) is 228 Å². The lowest BCUT2D eigenvalue weighted by Gasteiger charge is -2.26. The summed E-state index contributed by atoms with van der Waals surface area (Å²) in [4.78, 5) is 2.38. The van der Waals surface area contributed by atoms with Crippen molar-refractivity contribution in [1.29, 1.82) is 0 Å². The topological polar surface area (TPSA) is 8.17 Å². The summed E-state index contributed by atoms with van der Waals surface area (Å²) >= 11 is 0. The second-order valence-electron chi connectivity index (χ2n) is 14.5. The number of anilines is 3. The maximum atomic E-state index is 2.47. The molecule has 0 saturated heterocycles. The molecular formula is C54H40N2. The average molecular weight is 717 g/mol. The molecule has 8 aromatic carbocycles. The average Bonchev–Trinajstić information content (AvgIpc) is 3.63. The molecule has 9 aromatic rings. The van der Waals surface area contributed by atoms with Gasteiger partial charge in [0.15, 0.2) is 0 Å². The van der Waals surface area contributed by atoms with Gasteiger partial charge in [-0.25, -0.2) is 0 Å². The van der Waals surface area contributed by atoms with Crippen molar-refractivity contribution in [2.45, 2.75) is 12.8 Å². The Balaban J connectivity index is 1.07. The van der Waals surface area contributed by atoms with Gasteiger partial charge in [-0.3, -0.25) is 0 Å². The van der Waals surface area contributed by atoms with Gasteiger partial charge in [0.2, 0.25) is 0 Å². The van der Waals surface area contributed by atoms with Crippen LogP contribution in [-0.4, -0.2) is 4.57 Å². The number of nitrogens with zero attached hydrogens (tertiary/aromatic N) is 2. The predicted molar refractivity (Wildman–Crippen MR) is 237 cm³/mol. The molecule has 0 amide bonds. The summed E-state index contributed by atoms with van der Waals surface area (Å²) in [6.07, 6.45) is 6.74. The quantitative estimate of drug-likeness (QED) is 0.152. The first-order valence-corrected chi connectivity index (χ1v) is 19.5. The molecule has 0 unspecified atom stereocenters. The SMILES string of the molecule is C1=Cc2c(n(-c3ccccc3)c3cccc(-c4cccc(N(c5ccc(-c6ccccc6)cc5)c5ccc(-c6ccc(-c7ccccc7)cc6)cc5)c4)c23)CC1. The highest BCUT2D eigenvalue weighted by molar-refractivity contribution is 6.04. The van der Waals surface area contributed by atoms with Crippen molar-refractivity contribution in [2.24, 2.45) is 0 Å². The van der Waals surface area contributed by atoms with Crippen molar-refractivity contribution >= 4 is 34.0 Å². The van der Waals surface area contributed by atoms with E-state index >= 15 is 0 Å². The van der Waals surface area contributed by atoms with Crippen LogP contribution in [0.15, 0.2) is 212 Å². The Hall–Kier alpha value is -7.16. The third kappa shape index (κ3) is 6.22. The van der Waals surface area contributed by atoms with Gasteiger partial charge in [0.1, 0.15) is 0 Å². The van der Waals surface area contributed by atoms with E-state index in [-0.39, 0.29) is 0 Å². The van der Waals surface area contributed by atoms with Crippen molar-refractivity contribution in [3.8, 4) is 50.2 Å². The molecule has 1 aliphatic carbocycles. The number of fused-ring (bicyclic) bond motifs is 3. The van der Waals surface area contributed by atoms with Crippen molar-refractivity contribution in [2.75, 3.05) is 4.90 Å². The smallest absolute Gasteiger partial charge is 0.0543 e. The van der Waals surface area contributed by atoms with Crippen LogP contribution in [-0.2, 0) is 6.42 Å². The molecule has 0 radical (unpaired) electrons. The Morgan fingerprint density at radius 3 is 1.45 bits per heavy atom. The molecule has 0 spiro atoms. The lowest BCUT2D eigenvalue weighted by molar-refractivity contribution is 0.888. The summed E-state index contributed by atoms with van der Waals surface area (Å²) < 4.78 is 2.47. The maximum Gasteiger partial charge on any atom is 0.0543 e. The summed E-state index contributed by atoms with van der Waals surface area (Å²) in [5.74, 6) is 0. The fraction of sp³-hybridized carbons (Fsp3) is 0.0370. The molecule has 2 nitrogen and oxygen atoms in total. The van der Waals surface area contributed by atoms with Crippen LogP contribution in [0.2, 0.25) is 0 Å². The minimum Gasteiger partial charge on any atom is -0.313 e. The van der Waals surface area contributed by atoms with Crippen LogP contribution < -0.4 is 4.90 Å². The summed E-state index contributed by atoms with van der Waals surface area (Å²) in [6.45, 7) is 0. The van der Waals surface area contributed by atoms with Crippen molar-refractivity contribution in [3.63, 3.8) is 0 Å². The first kappa shape index (κ1) is 33.4. The number of benzene rings is 8. The molecule has 1 heterocycles. The van der Waals surface area contributed by atoms with Crippen LogP contribution in [0.5, 0.6) is 0 Å². The lowest BCUT2D eigenvalue weighted by atomic mass is 9.95. The molecule has 1 aliphatic rings. The van der Waals surface area contributed by atoms with Crippen molar-refractivity contribution in [3.05, 3.63) is 224 Å². The standard InChI is InChI=1S/C54H40N2/c1-4-14-39(15-5-1)41-26-28-42(29-27-41)44-32-36-48(37-33-44)55(47-34-30-43(31-35-47)40-16-6-2-7-17-40)49-21-12-18-45(38-49)50-23-13-25-53-54(50)51-22-10-11-24-52(51)56(53)46-19-8-3-9-20-46/h1-10,12-23,25-38H,11,24H2. The van der Waals surface area contributed by atoms with Gasteiger partial charge in [0, 0.05) is 39.4 Å². The molecule has 0 aliphatic heterocycles.